The number of aromatic nitrogens is 2. The van der Waals surface area contributed by atoms with Gasteiger partial charge in [0.1, 0.15) is 0 Å². The van der Waals surface area contributed by atoms with Crippen LogP contribution in [0, 0.1) is 5.92 Å². The Labute approximate surface area is 113 Å². The smallest absolute Gasteiger partial charge is 0.272 e. The van der Waals surface area contributed by atoms with Gasteiger partial charge in [0.05, 0.1) is 6.10 Å². The summed E-state index contributed by atoms with van der Waals surface area (Å²) in [4.78, 5) is 12.2. The Bertz CT molecular complexity index is 463. The molecular weight excluding hydrogens is 242 g/mol. The van der Waals surface area contributed by atoms with Gasteiger partial charge in [0.2, 0.25) is 0 Å². The molecule has 1 aromatic rings. The lowest BCUT2D eigenvalue weighted by atomic mass is 9.87. The zero-order valence-corrected chi connectivity index (χ0v) is 11.4. The molecular formula is C14H21N3O2. The minimum Gasteiger partial charge on any atom is -0.376 e. The van der Waals surface area contributed by atoms with Crippen molar-refractivity contribution in [3.63, 3.8) is 0 Å². The summed E-state index contributed by atoms with van der Waals surface area (Å²) in [5.74, 6) is 0.567. The maximum absolute atomic E-state index is 12.2. The van der Waals surface area contributed by atoms with Gasteiger partial charge < -0.3 is 10.1 Å². The van der Waals surface area contributed by atoms with E-state index in [4.69, 9.17) is 4.74 Å². The van der Waals surface area contributed by atoms with Crippen LogP contribution < -0.4 is 5.32 Å². The number of H-pyrrole nitrogens is 1. The summed E-state index contributed by atoms with van der Waals surface area (Å²) < 4.78 is 5.51. The number of ether oxygens (including phenoxy) is 1. The molecule has 2 heterocycles. The van der Waals surface area contributed by atoms with Crippen LogP contribution in [0.3, 0.4) is 0 Å². The van der Waals surface area contributed by atoms with Crippen molar-refractivity contribution < 1.29 is 9.53 Å². The Kier molecular flexibility index (Phi) is 3.55. The summed E-state index contributed by atoms with van der Waals surface area (Å²) in [5, 5.41) is 10.2. The van der Waals surface area contributed by atoms with Crippen molar-refractivity contribution in [3.8, 4) is 0 Å². The molecule has 1 fully saturated rings. The van der Waals surface area contributed by atoms with Crippen LogP contribution in [-0.2, 0) is 17.6 Å². The molecule has 5 heteroatoms. The maximum Gasteiger partial charge on any atom is 0.272 e. The summed E-state index contributed by atoms with van der Waals surface area (Å²) >= 11 is 0. The lowest BCUT2D eigenvalue weighted by Crippen LogP contribution is -2.32. The van der Waals surface area contributed by atoms with E-state index in [-0.39, 0.29) is 12.0 Å². The molecule has 0 radical (unpaired) electrons. The first-order chi connectivity index (χ1) is 9.24. The third-order valence-corrected chi connectivity index (χ3v) is 4.12. The molecule has 3 rings (SSSR count). The van der Waals surface area contributed by atoms with Gasteiger partial charge in [-0.1, -0.05) is 6.92 Å². The lowest BCUT2D eigenvalue weighted by molar-refractivity contribution is 0.0852. The summed E-state index contributed by atoms with van der Waals surface area (Å²) in [6, 6.07) is 0. The van der Waals surface area contributed by atoms with Crippen LogP contribution >= 0.6 is 0 Å². The molecule has 1 aliphatic carbocycles. The van der Waals surface area contributed by atoms with Crippen molar-refractivity contribution in [1.29, 1.82) is 0 Å². The quantitative estimate of drug-likeness (QED) is 0.867. The standard InChI is InChI=1S/C14H21N3O2/c1-9-4-5-12-11(7-9)13(17-16-12)14(18)15-8-10-3-2-6-19-10/h9-10H,2-8H2,1H3,(H,15,18)(H,16,17)/t9-,10+/m1/s1. The normalized spacial score (nSPS) is 26.2. The summed E-state index contributed by atoms with van der Waals surface area (Å²) in [6.45, 7) is 3.63. The molecule has 104 valence electrons. The molecule has 1 amide bonds. The summed E-state index contributed by atoms with van der Waals surface area (Å²) in [7, 11) is 0. The summed E-state index contributed by atoms with van der Waals surface area (Å²) in [5.41, 5.74) is 2.84. The third-order valence-electron chi connectivity index (χ3n) is 4.12. The number of carbonyl (C=O) groups is 1. The number of nitrogens with one attached hydrogen (secondary N) is 2. The molecule has 1 aliphatic heterocycles. The zero-order chi connectivity index (χ0) is 13.2. The van der Waals surface area contributed by atoms with Crippen LogP contribution in [0.1, 0.15) is 47.9 Å². The number of nitrogens with zero attached hydrogens (tertiary/aromatic N) is 1. The van der Waals surface area contributed by atoms with E-state index in [9.17, 15) is 4.79 Å². The fourth-order valence-corrected chi connectivity index (χ4v) is 2.95. The number of rotatable bonds is 3. The number of hydrogen-bond acceptors (Lipinski definition) is 3. The van der Waals surface area contributed by atoms with Gasteiger partial charge >= 0.3 is 0 Å². The largest absolute Gasteiger partial charge is 0.376 e. The Balaban J connectivity index is 1.64. The van der Waals surface area contributed by atoms with Crippen LogP contribution in [-0.4, -0.2) is 35.4 Å². The van der Waals surface area contributed by atoms with Crippen molar-refractivity contribution in [2.75, 3.05) is 13.2 Å². The topological polar surface area (TPSA) is 67.0 Å². The highest BCUT2D eigenvalue weighted by Crippen LogP contribution is 2.26. The minimum absolute atomic E-state index is 0.0675. The van der Waals surface area contributed by atoms with Gasteiger partial charge in [-0.2, -0.15) is 5.10 Å². The Hall–Kier alpha value is -1.36. The highest BCUT2D eigenvalue weighted by Gasteiger charge is 2.25. The molecule has 2 atom stereocenters. The number of aryl methyl sites for hydroxylation is 1. The predicted octanol–water partition coefficient (Wildman–Crippen LogP) is 1.44. The van der Waals surface area contributed by atoms with Crippen LogP contribution in [0.25, 0.3) is 0 Å². The Morgan fingerprint density at radius 2 is 2.42 bits per heavy atom. The van der Waals surface area contributed by atoms with Gasteiger partial charge in [-0.25, -0.2) is 0 Å². The van der Waals surface area contributed by atoms with Crippen LogP contribution in [0.15, 0.2) is 0 Å². The second-order valence-corrected chi connectivity index (χ2v) is 5.72. The first kappa shape index (κ1) is 12.7. The van der Waals surface area contributed by atoms with Gasteiger partial charge in [0, 0.05) is 24.4 Å². The van der Waals surface area contributed by atoms with Crippen molar-refractivity contribution in [3.05, 3.63) is 17.0 Å². The Morgan fingerprint density at radius 3 is 3.21 bits per heavy atom. The van der Waals surface area contributed by atoms with E-state index in [1.807, 2.05) is 0 Å². The fourth-order valence-electron chi connectivity index (χ4n) is 2.95. The van der Waals surface area contributed by atoms with Gasteiger partial charge in [0.25, 0.3) is 5.91 Å². The van der Waals surface area contributed by atoms with Crippen molar-refractivity contribution in [2.45, 2.75) is 45.1 Å². The second-order valence-electron chi connectivity index (χ2n) is 5.72. The number of aromatic amines is 1. The fraction of sp³-hybridized carbons (Fsp3) is 0.714. The van der Waals surface area contributed by atoms with E-state index in [0.717, 1.165) is 43.5 Å². The van der Waals surface area contributed by atoms with E-state index >= 15 is 0 Å². The molecule has 2 aliphatic rings. The monoisotopic (exact) mass is 263 g/mol. The third kappa shape index (κ3) is 2.66. The SMILES string of the molecule is C[C@@H]1CCc2[nH]nc(C(=O)NC[C@@H]3CCCO3)c2C1. The summed E-state index contributed by atoms with van der Waals surface area (Å²) in [6.07, 6.45) is 5.44. The maximum atomic E-state index is 12.2. The van der Waals surface area contributed by atoms with E-state index in [1.165, 1.54) is 6.42 Å². The van der Waals surface area contributed by atoms with E-state index in [1.54, 1.807) is 0 Å². The minimum atomic E-state index is -0.0675. The highest BCUT2D eigenvalue weighted by atomic mass is 16.5. The molecule has 5 nitrogen and oxygen atoms in total. The van der Waals surface area contributed by atoms with Crippen LogP contribution in [0.4, 0.5) is 0 Å². The molecule has 0 bridgehead atoms. The number of carbonyl (C=O) groups excluding carboxylic acids is 1. The van der Waals surface area contributed by atoms with Crippen molar-refractivity contribution in [2.24, 2.45) is 5.92 Å². The van der Waals surface area contributed by atoms with Crippen LogP contribution in [0.2, 0.25) is 0 Å². The van der Waals surface area contributed by atoms with E-state index < -0.39 is 0 Å². The first-order valence-corrected chi connectivity index (χ1v) is 7.20. The number of amides is 1. The number of hydrogen-bond donors (Lipinski definition) is 2. The highest BCUT2D eigenvalue weighted by molar-refractivity contribution is 5.94. The van der Waals surface area contributed by atoms with E-state index in [2.05, 4.69) is 22.4 Å². The molecule has 0 saturated carbocycles. The van der Waals surface area contributed by atoms with Crippen molar-refractivity contribution in [1.82, 2.24) is 15.5 Å². The average Bonchev–Trinajstić information content (AvgIpc) is 3.04. The van der Waals surface area contributed by atoms with Gasteiger partial charge in [-0.05, 0) is 38.0 Å². The Morgan fingerprint density at radius 1 is 1.53 bits per heavy atom. The van der Waals surface area contributed by atoms with Gasteiger partial charge in [-0.3, -0.25) is 9.89 Å². The van der Waals surface area contributed by atoms with Gasteiger partial charge in [-0.15, -0.1) is 0 Å². The molecule has 1 aromatic heterocycles. The average molecular weight is 263 g/mol. The lowest BCUT2D eigenvalue weighted by Gasteiger charge is -2.18. The zero-order valence-electron chi connectivity index (χ0n) is 11.4. The molecule has 19 heavy (non-hydrogen) atoms. The molecule has 0 unspecified atom stereocenters. The van der Waals surface area contributed by atoms with Crippen molar-refractivity contribution >= 4 is 5.91 Å². The number of fused-ring (bicyclic) bond motifs is 1. The second kappa shape index (κ2) is 5.33. The van der Waals surface area contributed by atoms with E-state index in [0.29, 0.717) is 18.2 Å². The molecule has 0 spiro atoms. The molecule has 2 N–H and O–H groups in total. The molecule has 1 saturated heterocycles. The van der Waals surface area contributed by atoms with Gasteiger partial charge in [0.15, 0.2) is 5.69 Å². The van der Waals surface area contributed by atoms with Crippen LogP contribution in [0.5, 0.6) is 0 Å². The molecule has 0 aromatic carbocycles. The predicted molar refractivity (Wildman–Crippen MR) is 71.1 cm³/mol. The first-order valence-electron chi connectivity index (χ1n) is 7.20.